The molecule has 0 aromatic carbocycles. The normalized spacial score (nSPS) is 13.5. The van der Waals surface area contributed by atoms with Gasteiger partial charge < -0.3 is 15.1 Å². The third-order valence-corrected chi connectivity index (χ3v) is 3.51. The summed E-state index contributed by atoms with van der Waals surface area (Å²) in [5, 5.41) is 5.73. The van der Waals surface area contributed by atoms with Crippen LogP contribution in [0.4, 0.5) is 13.2 Å². The number of nitrogens with one attached hydrogen (secondary N) is 2. The highest BCUT2D eigenvalue weighted by atomic mass is 127. The molecule has 0 bridgehead atoms. The summed E-state index contributed by atoms with van der Waals surface area (Å²) in [6.07, 6.45) is -3.46. The third kappa shape index (κ3) is 8.22. The van der Waals surface area contributed by atoms with Crippen LogP contribution in [0.5, 0.6) is 0 Å². The summed E-state index contributed by atoms with van der Waals surface area (Å²) < 4.78 is 42.0. The van der Waals surface area contributed by atoms with E-state index in [4.69, 9.17) is 4.42 Å². The van der Waals surface area contributed by atoms with Gasteiger partial charge in [0.15, 0.2) is 5.96 Å². The SMILES string of the molecule is CCN(CC)C(CNC(=NC)NCCC(F)(F)F)c1ccco1.I. The molecule has 0 aliphatic heterocycles. The van der Waals surface area contributed by atoms with E-state index < -0.39 is 12.6 Å². The summed E-state index contributed by atoms with van der Waals surface area (Å²) in [5.41, 5.74) is 0. The van der Waals surface area contributed by atoms with E-state index in [1.807, 2.05) is 12.1 Å². The number of hydrogen-bond acceptors (Lipinski definition) is 3. The van der Waals surface area contributed by atoms with Crippen molar-refractivity contribution in [2.45, 2.75) is 32.5 Å². The second-order valence-corrected chi connectivity index (χ2v) is 5.00. The molecule has 0 radical (unpaired) electrons. The first-order chi connectivity index (χ1) is 10.9. The van der Waals surface area contributed by atoms with Gasteiger partial charge in [0.2, 0.25) is 0 Å². The average molecular weight is 462 g/mol. The zero-order chi connectivity index (χ0) is 17.3. The van der Waals surface area contributed by atoms with E-state index in [2.05, 4.69) is 34.4 Å². The molecule has 1 atom stereocenters. The fourth-order valence-electron chi connectivity index (χ4n) is 2.29. The first-order valence-corrected chi connectivity index (χ1v) is 7.70. The first kappa shape index (κ1) is 23.0. The van der Waals surface area contributed by atoms with Gasteiger partial charge >= 0.3 is 6.18 Å². The lowest BCUT2D eigenvalue weighted by molar-refractivity contribution is -0.132. The monoisotopic (exact) mass is 462 g/mol. The topological polar surface area (TPSA) is 52.8 Å². The van der Waals surface area contributed by atoms with Gasteiger partial charge in [0.05, 0.1) is 18.7 Å². The molecule has 0 saturated heterocycles. The number of hydrogen-bond donors (Lipinski definition) is 2. The molecule has 0 fully saturated rings. The standard InChI is InChI=1S/C15H25F3N4O.HI/c1-4-22(5-2)12(13-7-6-10-23-13)11-21-14(19-3)20-9-8-15(16,17)18;/h6-7,10,12H,4-5,8-9,11H2,1-3H3,(H2,19,20,21);1H. The molecule has 24 heavy (non-hydrogen) atoms. The van der Waals surface area contributed by atoms with Crippen LogP contribution < -0.4 is 10.6 Å². The molecule has 1 aromatic heterocycles. The van der Waals surface area contributed by atoms with Crippen LogP contribution in [0.15, 0.2) is 27.8 Å². The van der Waals surface area contributed by atoms with Gasteiger partial charge in [-0.3, -0.25) is 9.89 Å². The quantitative estimate of drug-likeness (QED) is 0.354. The lowest BCUT2D eigenvalue weighted by atomic mass is 10.2. The summed E-state index contributed by atoms with van der Waals surface area (Å²) in [4.78, 5) is 6.15. The van der Waals surface area contributed by atoms with Crippen LogP contribution in [0.2, 0.25) is 0 Å². The Bertz CT molecular complexity index is 462. The highest BCUT2D eigenvalue weighted by Crippen LogP contribution is 2.20. The second-order valence-electron chi connectivity index (χ2n) is 5.00. The molecule has 2 N–H and O–H groups in total. The highest BCUT2D eigenvalue weighted by Gasteiger charge is 2.26. The molecule has 9 heteroatoms. The van der Waals surface area contributed by atoms with Crippen molar-refractivity contribution in [3.8, 4) is 0 Å². The molecule has 0 amide bonds. The van der Waals surface area contributed by atoms with Gasteiger partial charge in [0.25, 0.3) is 0 Å². The fraction of sp³-hybridized carbons (Fsp3) is 0.667. The number of aliphatic imine (C=N–C) groups is 1. The van der Waals surface area contributed by atoms with Crippen molar-refractivity contribution in [3.05, 3.63) is 24.2 Å². The molecule has 140 valence electrons. The number of furan rings is 1. The van der Waals surface area contributed by atoms with Crippen molar-refractivity contribution in [2.75, 3.05) is 33.2 Å². The summed E-state index contributed by atoms with van der Waals surface area (Å²) in [7, 11) is 1.53. The van der Waals surface area contributed by atoms with Crippen LogP contribution in [0, 0.1) is 0 Å². The number of alkyl halides is 3. The lowest BCUT2D eigenvalue weighted by Crippen LogP contribution is -2.43. The van der Waals surface area contributed by atoms with Crippen molar-refractivity contribution >= 4 is 29.9 Å². The largest absolute Gasteiger partial charge is 0.468 e. The Hall–Kier alpha value is -0.970. The van der Waals surface area contributed by atoms with Crippen molar-refractivity contribution < 1.29 is 17.6 Å². The van der Waals surface area contributed by atoms with Gasteiger partial charge in [-0.05, 0) is 25.2 Å². The molecule has 1 rings (SSSR count). The Morgan fingerprint density at radius 2 is 1.96 bits per heavy atom. The highest BCUT2D eigenvalue weighted by molar-refractivity contribution is 14.0. The van der Waals surface area contributed by atoms with Crippen molar-refractivity contribution in [1.82, 2.24) is 15.5 Å². The molecular weight excluding hydrogens is 436 g/mol. The Morgan fingerprint density at radius 1 is 1.29 bits per heavy atom. The fourth-order valence-corrected chi connectivity index (χ4v) is 2.29. The minimum atomic E-state index is -4.18. The van der Waals surface area contributed by atoms with Gasteiger partial charge in [-0.25, -0.2) is 0 Å². The number of rotatable bonds is 8. The van der Waals surface area contributed by atoms with Gasteiger partial charge in [-0.15, -0.1) is 24.0 Å². The number of nitrogens with zero attached hydrogens (tertiary/aromatic N) is 2. The zero-order valence-corrected chi connectivity index (χ0v) is 16.5. The van der Waals surface area contributed by atoms with E-state index in [0.717, 1.165) is 18.8 Å². The van der Waals surface area contributed by atoms with E-state index in [9.17, 15) is 13.2 Å². The Morgan fingerprint density at radius 3 is 2.42 bits per heavy atom. The molecule has 0 spiro atoms. The van der Waals surface area contributed by atoms with E-state index >= 15 is 0 Å². The van der Waals surface area contributed by atoms with Gasteiger partial charge in [0, 0.05) is 20.1 Å². The Kier molecular flexibility index (Phi) is 11.1. The maximum absolute atomic E-state index is 12.2. The average Bonchev–Trinajstić information content (AvgIpc) is 3.02. The predicted octanol–water partition coefficient (Wildman–Crippen LogP) is 3.40. The number of guanidine groups is 1. The maximum atomic E-state index is 12.2. The Balaban J connectivity index is 0.00000529. The van der Waals surface area contributed by atoms with Crippen molar-refractivity contribution in [1.29, 1.82) is 0 Å². The van der Waals surface area contributed by atoms with Crippen LogP contribution >= 0.6 is 24.0 Å². The van der Waals surface area contributed by atoms with Gasteiger partial charge in [-0.2, -0.15) is 13.2 Å². The van der Waals surface area contributed by atoms with E-state index in [1.165, 1.54) is 7.05 Å². The van der Waals surface area contributed by atoms with Crippen LogP contribution in [0.25, 0.3) is 0 Å². The van der Waals surface area contributed by atoms with E-state index in [-0.39, 0.29) is 36.6 Å². The second kappa shape index (κ2) is 11.6. The molecule has 1 unspecified atom stereocenters. The maximum Gasteiger partial charge on any atom is 0.390 e. The predicted molar refractivity (Wildman–Crippen MR) is 99.8 cm³/mol. The summed E-state index contributed by atoms with van der Waals surface area (Å²) in [6, 6.07) is 3.70. The lowest BCUT2D eigenvalue weighted by Gasteiger charge is -2.28. The summed E-state index contributed by atoms with van der Waals surface area (Å²) in [5.74, 6) is 1.16. The van der Waals surface area contributed by atoms with Crippen molar-refractivity contribution in [2.24, 2.45) is 4.99 Å². The molecule has 5 nitrogen and oxygen atoms in total. The minimum absolute atomic E-state index is 0. The van der Waals surface area contributed by atoms with Gasteiger partial charge in [0.1, 0.15) is 5.76 Å². The molecule has 0 saturated carbocycles. The van der Waals surface area contributed by atoms with E-state index in [0.29, 0.717) is 12.5 Å². The summed E-state index contributed by atoms with van der Waals surface area (Å²) >= 11 is 0. The number of halogens is 4. The number of likely N-dealkylation sites (N-methyl/N-ethyl adjacent to an activating group) is 1. The molecular formula is C15H26F3IN4O. The zero-order valence-electron chi connectivity index (χ0n) is 14.2. The van der Waals surface area contributed by atoms with Crippen LogP contribution in [0.3, 0.4) is 0 Å². The van der Waals surface area contributed by atoms with E-state index in [1.54, 1.807) is 6.26 Å². The van der Waals surface area contributed by atoms with Crippen LogP contribution in [-0.2, 0) is 0 Å². The van der Waals surface area contributed by atoms with Crippen LogP contribution in [0.1, 0.15) is 32.1 Å². The smallest absolute Gasteiger partial charge is 0.390 e. The molecule has 1 heterocycles. The van der Waals surface area contributed by atoms with Gasteiger partial charge in [-0.1, -0.05) is 13.8 Å². The third-order valence-electron chi connectivity index (χ3n) is 3.51. The summed E-state index contributed by atoms with van der Waals surface area (Å²) in [6.45, 7) is 6.06. The minimum Gasteiger partial charge on any atom is -0.468 e. The molecule has 1 aromatic rings. The first-order valence-electron chi connectivity index (χ1n) is 7.70. The Labute approximate surface area is 158 Å². The van der Waals surface area contributed by atoms with Crippen molar-refractivity contribution in [3.63, 3.8) is 0 Å². The molecule has 0 aliphatic rings. The molecule has 0 aliphatic carbocycles. The van der Waals surface area contributed by atoms with Crippen LogP contribution in [-0.4, -0.2) is 50.3 Å².